The average Bonchev–Trinajstić information content (AvgIpc) is 3.16. The van der Waals surface area contributed by atoms with Crippen LogP contribution in [0.5, 0.6) is 0 Å². The monoisotopic (exact) mass is 412 g/mol. The summed E-state index contributed by atoms with van der Waals surface area (Å²) < 4.78 is 5.88. The Bertz CT molecular complexity index is 1040. The predicted molar refractivity (Wildman–Crippen MR) is 110 cm³/mol. The van der Waals surface area contributed by atoms with Crippen molar-refractivity contribution in [3.8, 4) is 11.5 Å². The maximum atomic E-state index is 6.05. The minimum absolute atomic E-state index is 0.0103. The van der Waals surface area contributed by atoms with Crippen LogP contribution in [0.25, 0.3) is 11.5 Å². The van der Waals surface area contributed by atoms with Gasteiger partial charge in [-0.2, -0.15) is 0 Å². The third-order valence-corrected chi connectivity index (χ3v) is 5.61. The largest absolute Gasteiger partial charge is 0.411 e. The quantitative estimate of drug-likeness (QED) is 0.333. The SMILES string of the molecule is Clc1ccc([C@H](Sc2nnc(-c3cccc(Cl)c3)o2)c2ccccc2)cc1. The van der Waals surface area contributed by atoms with Crippen LogP contribution < -0.4 is 0 Å². The van der Waals surface area contributed by atoms with Gasteiger partial charge in [0, 0.05) is 15.6 Å². The second kappa shape index (κ2) is 8.17. The molecule has 134 valence electrons. The highest BCUT2D eigenvalue weighted by molar-refractivity contribution is 7.99. The summed E-state index contributed by atoms with van der Waals surface area (Å²) in [5, 5.41) is 10.2. The molecule has 4 aromatic rings. The van der Waals surface area contributed by atoms with E-state index in [1.807, 2.05) is 60.7 Å². The van der Waals surface area contributed by atoms with E-state index in [2.05, 4.69) is 22.3 Å². The number of rotatable bonds is 5. The molecule has 0 unspecified atom stereocenters. The van der Waals surface area contributed by atoms with Gasteiger partial charge in [-0.1, -0.05) is 83.5 Å². The van der Waals surface area contributed by atoms with E-state index in [0.717, 1.165) is 16.7 Å². The molecule has 0 fully saturated rings. The summed E-state index contributed by atoms with van der Waals surface area (Å²) in [6, 6.07) is 25.4. The Morgan fingerprint density at radius 1 is 0.741 bits per heavy atom. The van der Waals surface area contributed by atoms with Crippen LogP contribution in [0.4, 0.5) is 0 Å². The molecule has 0 aliphatic heterocycles. The fourth-order valence-electron chi connectivity index (χ4n) is 2.69. The van der Waals surface area contributed by atoms with Crippen molar-refractivity contribution in [1.82, 2.24) is 10.2 Å². The van der Waals surface area contributed by atoms with E-state index in [-0.39, 0.29) is 5.25 Å². The first-order valence-electron chi connectivity index (χ1n) is 8.25. The predicted octanol–water partition coefficient (Wildman–Crippen LogP) is 6.93. The van der Waals surface area contributed by atoms with Gasteiger partial charge in [-0.05, 0) is 41.5 Å². The topological polar surface area (TPSA) is 38.9 Å². The van der Waals surface area contributed by atoms with Gasteiger partial charge in [0.15, 0.2) is 0 Å². The zero-order valence-corrected chi connectivity index (χ0v) is 16.4. The smallest absolute Gasteiger partial charge is 0.277 e. The van der Waals surface area contributed by atoms with E-state index < -0.39 is 0 Å². The van der Waals surface area contributed by atoms with Gasteiger partial charge in [0.1, 0.15) is 0 Å². The van der Waals surface area contributed by atoms with Crippen LogP contribution in [-0.4, -0.2) is 10.2 Å². The van der Waals surface area contributed by atoms with Gasteiger partial charge >= 0.3 is 0 Å². The molecule has 0 bridgehead atoms. The van der Waals surface area contributed by atoms with Crippen molar-refractivity contribution in [3.05, 3.63) is 100 Å². The first-order chi connectivity index (χ1) is 13.2. The third-order valence-electron chi connectivity index (χ3n) is 3.97. The molecule has 6 heteroatoms. The second-order valence-electron chi connectivity index (χ2n) is 5.84. The van der Waals surface area contributed by atoms with Crippen LogP contribution in [-0.2, 0) is 0 Å². The van der Waals surface area contributed by atoms with Crippen LogP contribution in [0.15, 0.2) is 88.5 Å². The minimum Gasteiger partial charge on any atom is -0.411 e. The van der Waals surface area contributed by atoms with Crippen molar-refractivity contribution in [1.29, 1.82) is 0 Å². The summed E-state index contributed by atoms with van der Waals surface area (Å²) in [5.41, 5.74) is 3.05. The average molecular weight is 413 g/mol. The number of halogens is 2. The maximum absolute atomic E-state index is 6.05. The van der Waals surface area contributed by atoms with Crippen molar-refractivity contribution in [3.63, 3.8) is 0 Å². The molecule has 0 spiro atoms. The molecule has 3 aromatic carbocycles. The van der Waals surface area contributed by atoms with E-state index in [1.54, 1.807) is 6.07 Å². The van der Waals surface area contributed by atoms with E-state index >= 15 is 0 Å². The molecule has 0 N–H and O–H groups in total. The Labute approximate surface area is 171 Å². The van der Waals surface area contributed by atoms with Gasteiger partial charge in [-0.3, -0.25) is 0 Å². The Morgan fingerprint density at radius 2 is 1.48 bits per heavy atom. The maximum Gasteiger partial charge on any atom is 0.277 e. The van der Waals surface area contributed by atoms with E-state index in [4.69, 9.17) is 27.6 Å². The number of thioether (sulfide) groups is 1. The number of hydrogen-bond acceptors (Lipinski definition) is 4. The number of benzene rings is 3. The van der Waals surface area contributed by atoms with Crippen molar-refractivity contribution in [2.24, 2.45) is 0 Å². The lowest BCUT2D eigenvalue weighted by atomic mass is 10.0. The molecule has 1 heterocycles. The third kappa shape index (κ3) is 4.35. The summed E-state index contributed by atoms with van der Waals surface area (Å²) in [4.78, 5) is 0. The van der Waals surface area contributed by atoms with E-state index in [1.165, 1.54) is 11.8 Å². The highest BCUT2D eigenvalue weighted by Gasteiger charge is 2.20. The van der Waals surface area contributed by atoms with Crippen molar-refractivity contribution in [2.75, 3.05) is 0 Å². The molecular formula is C21H14Cl2N2OS. The first kappa shape index (κ1) is 18.1. The second-order valence-corrected chi connectivity index (χ2v) is 7.77. The summed E-state index contributed by atoms with van der Waals surface area (Å²) in [5.74, 6) is 0.447. The molecule has 1 atom stereocenters. The Balaban J connectivity index is 1.65. The summed E-state index contributed by atoms with van der Waals surface area (Å²) in [6.45, 7) is 0. The number of aromatic nitrogens is 2. The highest BCUT2D eigenvalue weighted by Crippen LogP contribution is 2.40. The molecule has 0 saturated heterocycles. The van der Waals surface area contributed by atoms with E-state index in [9.17, 15) is 0 Å². The van der Waals surface area contributed by atoms with Gasteiger partial charge in [0.2, 0.25) is 5.89 Å². The van der Waals surface area contributed by atoms with Crippen LogP contribution in [0, 0.1) is 0 Å². The molecule has 1 aromatic heterocycles. The van der Waals surface area contributed by atoms with Gasteiger partial charge in [-0.15, -0.1) is 10.2 Å². The van der Waals surface area contributed by atoms with Crippen molar-refractivity contribution < 1.29 is 4.42 Å². The fraction of sp³-hybridized carbons (Fsp3) is 0.0476. The zero-order chi connectivity index (χ0) is 18.6. The molecule has 4 rings (SSSR count). The normalized spacial score (nSPS) is 12.1. The molecule has 0 aliphatic carbocycles. The highest BCUT2D eigenvalue weighted by atomic mass is 35.5. The van der Waals surface area contributed by atoms with Crippen LogP contribution in [0.1, 0.15) is 16.4 Å². The zero-order valence-electron chi connectivity index (χ0n) is 14.0. The van der Waals surface area contributed by atoms with E-state index in [0.29, 0.717) is 21.2 Å². The van der Waals surface area contributed by atoms with Crippen molar-refractivity contribution >= 4 is 35.0 Å². The molecular weight excluding hydrogens is 399 g/mol. The summed E-state index contributed by atoms with van der Waals surface area (Å²) in [6.07, 6.45) is 0. The summed E-state index contributed by atoms with van der Waals surface area (Å²) >= 11 is 13.6. The van der Waals surface area contributed by atoms with Crippen LogP contribution in [0.2, 0.25) is 10.0 Å². The Morgan fingerprint density at radius 3 is 2.22 bits per heavy atom. The Kier molecular flexibility index (Phi) is 5.48. The fourth-order valence-corrected chi connectivity index (χ4v) is 4.01. The lowest BCUT2D eigenvalue weighted by Crippen LogP contribution is -1.96. The lowest BCUT2D eigenvalue weighted by molar-refractivity contribution is 0.465. The number of hydrogen-bond donors (Lipinski definition) is 0. The lowest BCUT2D eigenvalue weighted by Gasteiger charge is -2.15. The summed E-state index contributed by atoms with van der Waals surface area (Å²) in [7, 11) is 0. The Hall–Kier alpha value is -2.27. The van der Waals surface area contributed by atoms with Gasteiger partial charge in [-0.25, -0.2) is 0 Å². The molecule has 0 aliphatic rings. The number of nitrogens with zero attached hydrogens (tertiary/aromatic N) is 2. The van der Waals surface area contributed by atoms with Gasteiger partial charge < -0.3 is 4.42 Å². The van der Waals surface area contributed by atoms with Gasteiger partial charge in [0.05, 0.1) is 5.25 Å². The first-order valence-corrected chi connectivity index (χ1v) is 9.89. The minimum atomic E-state index is 0.0103. The standard InChI is InChI=1S/C21H14Cl2N2OS/c22-17-11-9-15(10-12-17)19(14-5-2-1-3-6-14)27-21-25-24-20(26-21)16-7-4-8-18(23)13-16/h1-13,19H/t19-/m1/s1. The molecule has 0 radical (unpaired) electrons. The molecule has 0 amide bonds. The van der Waals surface area contributed by atoms with Crippen LogP contribution in [0.3, 0.4) is 0 Å². The molecule has 27 heavy (non-hydrogen) atoms. The van der Waals surface area contributed by atoms with Gasteiger partial charge in [0.25, 0.3) is 5.22 Å². The molecule has 3 nitrogen and oxygen atoms in total. The van der Waals surface area contributed by atoms with Crippen molar-refractivity contribution in [2.45, 2.75) is 10.5 Å². The van der Waals surface area contributed by atoms with Crippen LogP contribution >= 0.6 is 35.0 Å². The molecule has 0 saturated carbocycles.